The van der Waals surface area contributed by atoms with Crippen LogP contribution in [0.1, 0.15) is 6.42 Å². The van der Waals surface area contributed by atoms with Gasteiger partial charge in [0, 0.05) is 6.26 Å². The fourth-order valence-corrected chi connectivity index (χ4v) is 1.05. The maximum absolute atomic E-state index is 10.8. The lowest BCUT2D eigenvalue weighted by molar-refractivity contribution is -0.145. The number of Topliss-reactive ketones (excluding diaryl/α,β-unsaturated/α-hetero) is 1. The molecule has 14 heavy (non-hydrogen) atoms. The predicted molar refractivity (Wildman–Crippen MR) is 51.0 cm³/mol. The van der Waals surface area contributed by atoms with Crippen molar-refractivity contribution in [3.8, 4) is 0 Å². The van der Waals surface area contributed by atoms with Gasteiger partial charge in [-0.3, -0.25) is 9.59 Å². The largest absolute Gasteiger partial charge is 0.464 e. The van der Waals surface area contributed by atoms with E-state index >= 15 is 0 Å². The third kappa shape index (κ3) is 8.00. The smallest absolute Gasteiger partial charge is 0.313 e. The van der Waals surface area contributed by atoms with Crippen molar-refractivity contribution in [1.82, 2.24) is 0 Å². The van der Waals surface area contributed by atoms with Crippen molar-refractivity contribution in [3.05, 3.63) is 0 Å². The summed E-state index contributed by atoms with van der Waals surface area (Å²) in [4.78, 5) is 21.4. The number of carbonyl (C=O) groups excluding carboxylic acids is 2. The van der Waals surface area contributed by atoms with Crippen molar-refractivity contribution in [2.24, 2.45) is 0 Å². The molecule has 0 bridgehead atoms. The van der Waals surface area contributed by atoms with Gasteiger partial charge in [-0.25, -0.2) is 8.42 Å². The standard InChI is InChI=1S/C7H11ClO5S/c1-14(11,12)3-2-13-7(10)4-6(9)5-8/h2-5H2,1H3. The number of hydrogen-bond donors (Lipinski definition) is 0. The molecule has 0 saturated carbocycles. The van der Waals surface area contributed by atoms with Gasteiger partial charge in [-0.1, -0.05) is 0 Å². The first-order valence-electron chi connectivity index (χ1n) is 3.76. The maximum Gasteiger partial charge on any atom is 0.313 e. The van der Waals surface area contributed by atoms with Crippen LogP contribution < -0.4 is 0 Å². The molecular weight excluding hydrogens is 232 g/mol. The summed E-state index contributed by atoms with van der Waals surface area (Å²) < 4.78 is 25.7. The van der Waals surface area contributed by atoms with E-state index in [9.17, 15) is 18.0 Å². The number of rotatable bonds is 6. The van der Waals surface area contributed by atoms with Crippen molar-refractivity contribution >= 4 is 33.2 Å². The molecule has 0 heterocycles. The highest BCUT2D eigenvalue weighted by Crippen LogP contribution is 1.92. The van der Waals surface area contributed by atoms with Gasteiger partial charge in [0.25, 0.3) is 0 Å². The Balaban J connectivity index is 3.71. The average molecular weight is 243 g/mol. The van der Waals surface area contributed by atoms with Crippen molar-refractivity contribution in [3.63, 3.8) is 0 Å². The fraction of sp³-hybridized carbons (Fsp3) is 0.714. The summed E-state index contributed by atoms with van der Waals surface area (Å²) in [6, 6.07) is 0. The fourth-order valence-electron chi connectivity index (χ4n) is 0.566. The Kier molecular flexibility index (Phi) is 5.71. The van der Waals surface area contributed by atoms with E-state index in [1.54, 1.807) is 0 Å². The van der Waals surface area contributed by atoms with E-state index in [2.05, 4.69) is 4.74 Å². The normalized spacial score (nSPS) is 11.0. The molecule has 7 heteroatoms. The van der Waals surface area contributed by atoms with Gasteiger partial charge in [0.15, 0.2) is 15.6 Å². The predicted octanol–water partition coefficient (Wildman–Crippen LogP) is -0.228. The van der Waals surface area contributed by atoms with Gasteiger partial charge in [0.05, 0.1) is 11.6 Å². The third-order valence-corrected chi connectivity index (χ3v) is 2.41. The van der Waals surface area contributed by atoms with Gasteiger partial charge < -0.3 is 4.74 Å². The van der Waals surface area contributed by atoms with Crippen LogP contribution in [-0.2, 0) is 24.2 Å². The Labute approximate surface area is 87.3 Å². The van der Waals surface area contributed by atoms with Crippen molar-refractivity contribution in [2.45, 2.75) is 6.42 Å². The van der Waals surface area contributed by atoms with Crippen molar-refractivity contribution in [2.75, 3.05) is 24.5 Å². The van der Waals surface area contributed by atoms with Gasteiger partial charge in [-0.05, 0) is 0 Å². The summed E-state index contributed by atoms with van der Waals surface area (Å²) >= 11 is 5.15. The third-order valence-electron chi connectivity index (χ3n) is 1.21. The van der Waals surface area contributed by atoms with Crippen LogP contribution in [-0.4, -0.2) is 44.7 Å². The number of halogens is 1. The molecule has 0 aliphatic heterocycles. The van der Waals surface area contributed by atoms with Gasteiger partial charge in [0.1, 0.15) is 13.0 Å². The summed E-state index contributed by atoms with van der Waals surface area (Å²) in [7, 11) is -3.14. The minimum absolute atomic E-state index is 0.229. The molecule has 0 spiro atoms. The van der Waals surface area contributed by atoms with Crippen LogP contribution in [0.5, 0.6) is 0 Å². The number of alkyl halides is 1. The minimum Gasteiger partial charge on any atom is -0.464 e. The quantitative estimate of drug-likeness (QED) is 0.365. The summed E-state index contributed by atoms with van der Waals surface area (Å²) in [6.45, 7) is -0.229. The maximum atomic E-state index is 10.8. The number of hydrogen-bond acceptors (Lipinski definition) is 5. The van der Waals surface area contributed by atoms with Crippen LogP contribution >= 0.6 is 11.6 Å². The van der Waals surface area contributed by atoms with Crippen molar-refractivity contribution < 1.29 is 22.7 Å². The summed E-state index contributed by atoms with van der Waals surface area (Å²) in [5, 5.41) is 0. The summed E-state index contributed by atoms with van der Waals surface area (Å²) in [5.74, 6) is -1.69. The Bertz CT molecular complexity index is 308. The highest BCUT2D eigenvalue weighted by atomic mass is 35.5. The zero-order chi connectivity index (χ0) is 11.2. The molecule has 0 atom stereocenters. The van der Waals surface area contributed by atoms with Crippen LogP contribution in [0.25, 0.3) is 0 Å². The highest BCUT2D eigenvalue weighted by molar-refractivity contribution is 7.90. The Morgan fingerprint density at radius 1 is 1.36 bits per heavy atom. The van der Waals surface area contributed by atoms with E-state index in [4.69, 9.17) is 11.6 Å². The number of ketones is 1. The lowest BCUT2D eigenvalue weighted by Crippen LogP contribution is -2.17. The molecule has 0 aromatic carbocycles. The van der Waals surface area contributed by atoms with E-state index in [-0.39, 0.29) is 18.2 Å². The number of ether oxygens (including phenoxy) is 1. The van der Waals surface area contributed by atoms with E-state index in [0.717, 1.165) is 6.26 Å². The van der Waals surface area contributed by atoms with Gasteiger partial charge >= 0.3 is 5.97 Å². The van der Waals surface area contributed by atoms with E-state index < -0.39 is 28.0 Å². The monoisotopic (exact) mass is 242 g/mol. The summed E-state index contributed by atoms with van der Waals surface area (Å²) in [6.07, 6.45) is 0.623. The summed E-state index contributed by atoms with van der Waals surface area (Å²) in [5.41, 5.74) is 0. The van der Waals surface area contributed by atoms with Gasteiger partial charge in [0.2, 0.25) is 0 Å². The second-order valence-electron chi connectivity index (χ2n) is 2.70. The zero-order valence-corrected chi connectivity index (χ0v) is 9.23. The molecule has 0 unspecified atom stereocenters. The molecule has 0 amide bonds. The van der Waals surface area contributed by atoms with E-state index in [1.807, 2.05) is 0 Å². The number of esters is 1. The molecule has 0 aliphatic carbocycles. The van der Waals surface area contributed by atoms with Crippen LogP contribution in [0.15, 0.2) is 0 Å². The van der Waals surface area contributed by atoms with Crippen LogP contribution in [0.2, 0.25) is 0 Å². The first kappa shape index (κ1) is 13.4. The van der Waals surface area contributed by atoms with Crippen LogP contribution in [0.4, 0.5) is 0 Å². The molecule has 0 radical (unpaired) electrons. The molecule has 0 rings (SSSR count). The Morgan fingerprint density at radius 2 is 1.93 bits per heavy atom. The number of carbonyl (C=O) groups is 2. The van der Waals surface area contributed by atoms with E-state index in [1.165, 1.54) is 0 Å². The topological polar surface area (TPSA) is 77.5 Å². The molecular formula is C7H11ClO5S. The van der Waals surface area contributed by atoms with Gasteiger partial charge in [-0.2, -0.15) is 0 Å². The molecule has 0 saturated heterocycles. The highest BCUT2D eigenvalue weighted by Gasteiger charge is 2.10. The molecule has 82 valence electrons. The van der Waals surface area contributed by atoms with Gasteiger partial charge in [-0.15, -0.1) is 11.6 Å². The lowest BCUT2D eigenvalue weighted by Gasteiger charge is -2.01. The number of sulfone groups is 1. The Hall–Kier alpha value is -0.620. The van der Waals surface area contributed by atoms with E-state index in [0.29, 0.717) is 0 Å². The second-order valence-corrected chi connectivity index (χ2v) is 5.23. The molecule has 0 aromatic heterocycles. The first-order chi connectivity index (χ1) is 6.35. The Morgan fingerprint density at radius 3 is 2.36 bits per heavy atom. The first-order valence-corrected chi connectivity index (χ1v) is 6.35. The lowest BCUT2D eigenvalue weighted by atomic mass is 10.3. The molecule has 0 N–H and O–H groups in total. The average Bonchev–Trinajstić information content (AvgIpc) is 2.01. The SMILES string of the molecule is CS(=O)(=O)CCOC(=O)CC(=O)CCl. The van der Waals surface area contributed by atoms with Crippen molar-refractivity contribution in [1.29, 1.82) is 0 Å². The molecule has 0 aliphatic rings. The molecule has 0 aromatic rings. The van der Waals surface area contributed by atoms with Crippen LogP contribution in [0, 0.1) is 0 Å². The molecule has 0 fully saturated rings. The minimum atomic E-state index is -3.14. The van der Waals surface area contributed by atoms with Crippen LogP contribution in [0.3, 0.4) is 0 Å². The zero-order valence-electron chi connectivity index (χ0n) is 7.66. The molecule has 5 nitrogen and oxygen atoms in total. The second kappa shape index (κ2) is 5.98.